The predicted octanol–water partition coefficient (Wildman–Crippen LogP) is 2.05. The minimum atomic E-state index is -0.243. The van der Waals surface area contributed by atoms with Gasteiger partial charge in [0.15, 0.2) is 0 Å². The van der Waals surface area contributed by atoms with E-state index in [1.165, 1.54) is 44.2 Å². The van der Waals surface area contributed by atoms with Gasteiger partial charge >= 0.3 is 43.1 Å². The van der Waals surface area contributed by atoms with E-state index in [9.17, 15) is 0 Å². The zero-order valence-corrected chi connectivity index (χ0v) is 25.7. The van der Waals surface area contributed by atoms with E-state index in [-0.39, 0.29) is 34.8 Å². The van der Waals surface area contributed by atoms with Crippen molar-refractivity contribution < 1.29 is 46.4 Å². The first-order valence-electron chi connectivity index (χ1n) is 10.2. The van der Waals surface area contributed by atoms with Gasteiger partial charge in [-0.3, -0.25) is 6.08 Å². The Kier molecular flexibility index (Phi) is 14.4. The molecule has 0 aromatic heterocycles. The van der Waals surface area contributed by atoms with Gasteiger partial charge in [0.1, 0.15) is 0 Å². The minimum Gasteiger partial charge on any atom is -1.00 e. The molecule has 0 saturated heterocycles. The van der Waals surface area contributed by atoms with Gasteiger partial charge in [0.25, 0.3) is 0 Å². The van der Waals surface area contributed by atoms with E-state index in [1.54, 1.807) is 21.6 Å². The number of hydrogen-bond donors (Lipinski definition) is 0. The average Bonchev–Trinajstić information content (AvgIpc) is 3.16. The molecule has 1 unspecified atom stereocenters. The quantitative estimate of drug-likeness (QED) is 0.301. The fourth-order valence-electron chi connectivity index (χ4n) is 3.42. The van der Waals surface area contributed by atoms with Gasteiger partial charge in [-0.05, 0) is 5.56 Å². The summed E-state index contributed by atoms with van der Waals surface area (Å²) in [5, 5.41) is 2.69. The summed E-state index contributed by atoms with van der Waals surface area (Å²) in [5.41, 5.74) is 8.19. The Bertz CT molecular complexity index is 1040. The fourth-order valence-corrected chi connectivity index (χ4v) is 3.42. The summed E-state index contributed by atoms with van der Waals surface area (Å²) >= 11 is 1.80. The average molecular weight is 591 g/mol. The van der Waals surface area contributed by atoms with Crippen LogP contribution in [0.4, 0.5) is 0 Å². The molecule has 164 valence electrons. The topological polar surface area (TPSA) is 0 Å². The van der Waals surface area contributed by atoms with Gasteiger partial charge in [0.2, 0.25) is 0 Å². The molecule has 0 heterocycles. The molecule has 1 aliphatic rings. The van der Waals surface area contributed by atoms with Crippen LogP contribution in [0.25, 0.3) is 21.9 Å². The first-order chi connectivity index (χ1) is 13.7. The van der Waals surface area contributed by atoms with E-state index < -0.39 is 0 Å². The minimum absolute atomic E-state index is 0. The summed E-state index contributed by atoms with van der Waals surface area (Å²) in [6.07, 6.45) is 3.36. The van der Waals surface area contributed by atoms with Crippen molar-refractivity contribution >= 4 is 20.7 Å². The van der Waals surface area contributed by atoms with Gasteiger partial charge in [0, 0.05) is 0 Å². The van der Waals surface area contributed by atoms with Crippen molar-refractivity contribution in [3.63, 3.8) is 0 Å². The van der Waals surface area contributed by atoms with E-state index in [0.29, 0.717) is 5.92 Å². The van der Waals surface area contributed by atoms with Gasteiger partial charge in [-0.1, -0.05) is 75.6 Å². The van der Waals surface area contributed by atoms with Crippen LogP contribution >= 0.6 is 0 Å². The number of rotatable bonds is 1. The summed E-state index contributed by atoms with van der Waals surface area (Å²) in [5.74, 6) is 5.31. The Hall–Kier alpha value is -0.464. The summed E-state index contributed by atoms with van der Waals surface area (Å²) in [6.45, 7) is 10.8. The van der Waals surface area contributed by atoms with Crippen LogP contribution in [0.15, 0.2) is 77.4 Å². The largest absolute Gasteiger partial charge is 1.00 e. The number of allylic oxidation sites excluding steroid dienone is 4. The third kappa shape index (κ3) is 9.13. The molecule has 0 saturated carbocycles. The fraction of sp³-hybridized carbons (Fsp3) is 0.296. The number of benzene rings is 2. The second-order valence-electron chi connectivity index (χ2n) is 8.01. The molecule has 0 amide bonds. The standard InChI is InChI=1S/C16H13.C9H13.C2H6Ge.2ClH.Zr/c1-12-10-14-8-5-9-15(16(14)11-12)13-6-3-2-4-7-13;1-6-5-7(2)9(4)8(6)3;1-3-2;;;/h2-11H,1H3;6H,1-4H3;1-2H3;2*1H;/q2*-1;;;;+2/p-2. The molecular formula is C27H32Cl2GeZr-2. The van der Waals surface area contributed by atoms with Crippen molar-refractivity contribution in [1.29, 1.82) is 0 Å². The molecule has 3 aromatic carbocycles. The molecule has 0 N–H and O–H groups in total. The molecule has 0 bridgehead atoms. The molecule has 4 rings (SSSR count). The normalized spacial score (nSPS) is 14.4. The molecule has 4 heteroatoms. The van der Waals surface area contributed by atoms with Crippen LogP contribution in [0.3, 0.4) is 0 Å². The molecule has 31 heavy (non-hydrogen) atoms. The molecule has 3 aromatic rings. The van der Waals surface area contributed by atoms with Crippen LogP contribution in [0, 0.1) is 18.9 Å². The summed E-state index contributed by atoms with van der Waals surface area (Å²) < 4.78 is 0. The Morgan fingerprint density at radius 3 is 1.94 bits per heavy atom. The number of aryl methyl sites for hydroxylation is 1. The third-order valence-electron chi connectivity index (χ3n) is 5.22. The first kappa shape index (κ1) is 30.5. The molecule has 0 nitrogen and oxygen atoms in total. The molecule has 1 aliphatic carbocycles. The van der Waals surface area contributed by atoms with Crippen molar-refractivity contribution in [3.8, 4) is 11.1 Å². The van der Waals surface area contributed by atoms with E-state index in [4.69, 9.17) is 0 Å². The maximum atomic E-state index is 3.36. The van der Waals surface area contributed by atoms with Gasteiger partial charge in [-0.15, -0.1) is 41.5 Å². The van der Waals surface area contributed by atoms with Crippen LogP contribution in [-0.2, 0) is 21.6 Å². The molecule has 0 spiro atoms. The first-order valence-corrected chi connectivity index (χ1v) is 21.8. The van der Waals surface area contributed by atoms with Crippen molar-refractivity contribution in [2.75, 3.05) is 0 Å². The zero-order valence-electron chi connectivity index (χ0n) is 19.6. The van der Waals surface area contributed by atoms with E-state index in [0.717, 1.165) is 0 Å². The Morgan fingerprint density at radius 2 is 1.48 bits per heavy atom. The van der Waals surface area contributed by atoms with Crippen molar-refractivity contribution in [1.82, 2.24) is 0 Å². The second kappa shape index (κ2) is 14.6. The monoisotopic (exact) mass is 590 g/mol. The van der Waals surface area contributed by atoms with Gasteiger partial charge in [-0.25, -0.2) is 5.57 Å². The summed E-state index contributed by atoms with van der Waals surface area (Å²) in [4.78, 5) is 0. The van der Waals surface area contributed by atoms with Crippen molar-refractivity contribution in [2.45, 2.75) is 46.1 Å². The predicted molar refractivity (Wildman–Crippen MR) is 127 cm³/mol. The van der Waals surface area contributed by atoms with Gasteiger partial charge in [-0.2, -0.15) is 17.2 Å². The summed E-state index contributed by atoms with van der Waals surface area (Å²) in [6, 6.07) is 21.6. The summed E-state index contributed by atoms with van der Waals surface area (Å²) in [7, 11) is -0.243. The van der Waals surface area contributed by atoms with Crippen LogP contribution < -0.4 is 24.8 Å². The molecule has 0 radical (unpaired) electrons. The van der Waals surface area contributed by atoms with Gasteiger partial charge in [0.05, 0.1) is 0 Å². The van der Waals surface area contributed by atoms with Crippen LogP contribution in [0.1, 0.15) is 33.3 Å². The van der Waals surface area contributed by atoms with E-state index in [1.807, 2.05) is 0 Å². The Labute approximate surface area is 217 Å². The molecular weight excluding hydrogens is 559 g/mol. The molecule has 1 atom stereocenters. The molecule has 0 fully saturated rings. The van der Waals surface area contributed by atoms with E-state index >= 15 is 0 Å². The smallest absolute Gasteiger partial charge is 1.00 e. The third-order valence-corrected chi connectivity index (χ3v) is 5.22. The van der Waals surface area contributed by atoms with Crippen LogP contribution in [-0.4, -0.2) is 9.98 Å². The van der Waals surface area contributed by atoms with E-state index in [2.05, 4.69) is 113 Å². The van der Waals surface area contributed by atoms with Crippen molar-refractivity contribution in [3.05, 3.63) is 89.0 Å². The van der Waals surface area contributed by atoms with Crippen LogP contribution in [0.2, 0.25) is 11.5 Å². The number of halogens is 2. The van der Waals surface area contributed by atoms with Crippen LogP contribution in [0.5, 0.6) is 0 Å². The maximum Gasteiger partial charge on any atom is -1.00 e. The Balaban J connectivity index is 0.000000516. The molecule has 0 aliphatic heterocycles. The second-order valence-corrected chi connectivity index (χ2v) is 25.0. The number of hydrogen-bond acceptors (Lipinski definition) is 0. The number of fused-ring (bicyclic) bond motifs is 1. The maximum absolute atomic E-state index is 3.36. The SMILES string of the molecule is CC1=[C-]C(C)C(C)=C1C.Cc1cc2c(-c3ccccc3)cccc2[cH-]1.[CH3][Ge]([CH3])=[Zr+2].[Cl-].[Cl-]. The van der Waals surface area contributed by atoms with Gasteiger partial charge < -0.3 is 24.8 Å². The van der Waals surface area contributed by atoms with Crippen molar-refractivity contribution in [2.24, 2.45) is 5.92 Å². The Morgan fingerprint density at radius 1 is 0.903 bits per heavy atom. The zero-order chi connectivity index (χ0) is 21.6.